The van der Waals surface area contributed by atoms with Gasteiger partial charge in [0, 0.05) is 0 Å². The van der Waals surface area contributed by atoms with Crippen LogP contribution >= 0.6 is 0 Å². The molecule has 1 aliphatic heterocycles. The highest BCUT2D eigenvalue weighted by Gasteiger charge is 2.20. The van der Waals surface area contributed by atoms with Crippen molar-refractivity contribution in [1.82, 2.24) is 0 Å². The summed E-state index contributed by atoms with van der Waals surface area (Å²) in [6.45, 7) is 2.31. The number of rotatable bonds is 4. The van der Waals surface area contributed by atoms with Gasteiger partial charge in [-0.1, -0.05) is 26.2 Å². The molecule has 0 aromatic heterocycles. The van der Waals surface area contributed by atoms with E-state index in [0.717, 1.165) is 12.8 Å². The molecule has 3 heteroatoms. The number of carbonyl (C=O) groups is 1. The smallest absolute Gasteiger partial charge is 0.310 e. The predicted octanol–water partition coefficient (Wildman–Crippen LogP) is 1.86. The molecule has 1 heterocycles. The zero-order valence-corrected chi connectivity index (χ0v) is 7.54. The van der Waals surface area contributed by atoms with Crippen molar-refractivity contribution < 1.29 is 14.3 Å². The average molecular weight is 172 g/mol. The van der Waals surface area contributed by atoms with E-state index in [0.29, 0.717) is 6.42 Å². The Bertz CT molecular complexity index is 145. The molecular weight excluding hydrogens is 156 g/mol. The van der Waals surface area contributed by atoms with E-state index in [1.807, 2.05) is 0 Å². The first kappa shape index (κ1) is 9.52. The lowest BCUT2D eigenvalue weighted by atomic mass is 10.1. The van der Waals surface area contributed by atoms with Gasteiger partial charge in [-0.3, -0.25) is 4.79 Å². The Morgan fingerprint density at radius 3 is 3.00 bits per heavy atom. The summed E-state index contributed by atoms with van der Waals surface area (Å²) in [4.78, 5) is 10.8. The molecule has 1 fully saturated rings. The molecule has 0 N–H and O–H groups in total. The van der Waals surface area contributed by atoms with Crippen molar-refractivity contribution in [2.75, 3.05) is 6.79 Å². The highest BCUT2D eigenvalue weighted by molar-refractivity contribution is 5.70. The number of cyclic esters (lactones) is 1. The molecule has 1 atom stereocenters. The highest BCUT2D eigenvalue weighted by Crippen LogP contribution is 2.14. The topological polar surface area (TPSA) is 35.5 Å². The highest BCUT2D eigenvalue weighted by atomic mass is 16.7. The lowest BCUT2D eigenvalue weighted by Crippen LogP contribution is -2.27. The summed E-state index contributed by atoms with van der Waals surface area (Å²) in [5.41, 5.74) is 0. The van der Waals surface area contributed by atoms with Crippen molar-refractivity contribution in [2.24, 2.45) is 0 Å². The van der Waals surface area contributed by atoms with E-state index < -0.39 is 0 Å². The van der Waals surface area contributed by atoms with Crippen LogP contribution in [0.15, 0.2) is 0 Å². The van der Waals surface area contributed by atoms with Gasteiger partial charge in [0.05, 0.1) is 12.5 Å². The Balaban J connectivity index is 2.10. The molecule has 0 unspecified atom stereocenters. The SMILES string of the molecule is CCCCC[C@H]1CC(=O)OCO1. The lowest BCUT2D eigenvalue weighted by molar-refractivity contribution is -0.181. The molecule has 0 amide bonds. The number of esters is 1. The zero-order chi connectivity index (χ0) is 8.81. The van der Waals surface area contributed by atoms with E-state index in [1.165, 1.54) is 12.8 Å². The van der Waals surface area contributed by atoms with Gasteiger partial charge in [-0.2, -0.15) is 0 Å². The normalized spacial score (nSPS) is 23.8. The van der Waals surface area contributed by atoms with Crippen LogP contribution in [0.25, 0.3) is 0 Å². The van der Waals surface area contributed by atoms with Gasteiger partial charge < -0.3 is 9.47 Å². The van der Waals surface area contributed by atoms with Crippen molar-refractivity contribution in [3.05, 3.63) is 0 Å². The molecule has 0 aromatic rings. The minimum absolute atomic E-state index is 0.109. The number of ether oxygens (including phenoxy) is 2. The third-order valence-corrected chi connectivity index (χ3v) is 2.05. The second-order valence-corrected chi connectivity index (χ2v) is 3.12. The van der Waals surface area contributed by atoms with Crippen LogP contribution in [-0.2, 0) is 14.3 Å². The van der Waals surface area contributed by atoms with Gasteiger partial charge in [0.2, 0.25) is 0 Å². The van der Waals surface area contributed by atoms with Crippen LogP contribution in [-0.4, -0.2) is 18.9 Å². The molecular formula is C9H16O3. The molecule has 0 spiro atoms. The van der Waals surface area contributed by atoms with Gasteiger partial charge in [-0.25, -0.2) is 0 Å². The summed E-state index contributed by atoms with van der Waals surface area (Å²) in [5.74, 6) is -0.122. The quantitative estimate of drug-likeness (QED) is 0.479. The van der Waals surface area contributed by atoms with E-state index in [2.05, 4.69) is 11.7 Å². The average Bonchev–Trinajstić information content (AvgIpc) is 2.05. The maximum atomic E-state index is 10.8. The second kappa shape index (κ2) is 5.14. The molecule has 1 aliphatic rings. The van der Waals surface area contributed by atoms with Gasteiger partial charge in [-0.05, 0) is 6.42 Å². The van der Waals surface area contributed by atoms with Crippen LogP contribution in [0, 0.1) is 0 Å². The summed E-state index contributed by atoms with van der Waals surface area (Å²) >= 11 is 0. The van der Waals surface area contributed by atoms with Crippen LogP contribution in [0.5, 0.6) is 0 Å². The number of hydrogen-bond acceptors (Lipinski definition) is 3. The Morgan fingerprint density at radius 1 is 1.50 bits per heavy atom. The first-order chi connectivity index (χ1) is 5.83. The van der Waals surface area contributed by atoms with E-state index in [4.69, 9.17) is 4.74 Å². The molecule has 12 heavy (non-hydrogen) atoms. The number of hydrogen-bond donors (Lipinski definition) is 0. The second-order valence-electron chi connectivity index (χ2n) is 3.12. The fraction of sp³-hybridized carbons (Fsp3) is 0.889. The fourth-order valence-electron chi connectivity index (χ4n) is 1.31. The van der Waals surface area contributed by atoms with Crippen molar-refractivity contribution in [3.63, 3.8) is 0 Å². The minimum Gasteiger partial charge on any atom is -0.438 e. The first-order valence-corrected chi connectivity index (χ1v) is 4.60. The summed E-state index contributed by atoms with van der Waals surface area (Å²) in [6.07, 6.45) is 5.10. The Labute approximate surface area is 73.0 Å². The molecule has 0 aromatic carbocycles. The van der Waals surface area contributed by atoms with E-state index in [9.17, 15) is 4.79 Å². The minimum atomic E-state index is -0.122. The summed E-state index contributed by atoms with van der Waals surface area (Å²) < 4.78 is 9.91. The van der Waals surface area contributed by atoms with E-state index >= 15 is 0 Å². The maximum Gasteiger partial charge on any atom is 0.310 e. The molecule has 0 saturated carbocycles. The molecule has 0 radical (unpaired) electrons. The van der Waals surface area contributed by atoms with Crippen LogP contribution in [0.3, 0.4) is 0 Å². The number of carbonyl (C=O) groups excluding carboxylic acids is 1. The van der Waals surface area contributed by atoms with Crippen LogP contribution < -0.4 is 0 Å². The Hall–Kier alpha value is -0.570. The van der Waals surface area contributed by atoms with Crippen molar-refractivity contribution in [1.29, 1.82) is 0 Å². The Kier molecular flexibility index (Phi) is 4.08. The van der Waals surface area contributed by atoms with Crippen LogP contribution in [0.2, 0.25) is 0 Å². The van der Waals surface area contributed by atoms with Crippen LogP contribution in [0.1, 0.15) is 39.0 Å². The first-order valence-electron chi connectivity index (χ1n) is 4.60. The zero-order valence-electron chi connectivity index (χ0n) is 7.54. The third-order valence-electron chi connectivity index (χ3n) is 2.05. The Morgan fingerprint density at radius 2 is 2.33 bits per heavy atom. The van der Waals surface area contributed by atoms with Crippen molar-refractivity contribution in [3.8, 4) is 0 Å². The van der Waals surface area contributed by atoms with Gasteiger partial charge in [0.15, 0.2) is 6.79 Å². The van der Waals surface area contributed by atoms with Crippen LogP contribution in [0.4, 0.5) is 0 Å². The molecule has 0 bridgehead atoms. The standard InChI is InChI=1S/C9H16O3/c1-2-3-4-5-8-6-9(10)12-7-11-8/h8H,2-7H2,1H3/t8-/m0/s1. The van der Waals surface area contributed by atoms with Gasteiger partial charge in [0.1, 0.15) is 0 Å². The lowest BCUT2D eigenvalue weighted by Gasteiger charge is -2.21. The van der Waals surface area contributed by atoms with Gasteiger partial charge >= 0.3 is 5.97 Å². The molecule has 1 rings (SSSR count). The maximum absolute atomic E-state index is 10.8. The molecule has 3 nitrogen and oxygen atoms in total. The summed E-state index contributed by atoms with van der Waals surface area (Å²) in [5, 5.41) is 0. The summed E-state index contributed by atoms with van der Waals surface area (Å²) in [6, 6.07) is 0. The number of unbranched alkanes of at least 4 members (excludes halogenated alkanes) is 2. The monoisotopic (exact) mass is 172 g/mol. The van der Waals surface area contributed by atoms with Gasteiger partial charge in [-0.15, -0.1) is 0 Å². The van der Waals surface area contributed by atoms with E-state index in [1.54, 1.807) is 0 Å². The molecule has 70 valence electrons. The summed E-state index contributed by atoms with van der Waals surface area (Å²) in [7, 11) is 0. The predicted molar refractivity (Wildman–Crippen MR) is 44.6 cm³/mol. The fourth-order valence-corrected chi connectivity index (χ4v) is 1.31. The molecule has 0 aliphatic carbocycles. The largest absolute Gasteiger partial charge is 0.438 e. The van der Waals surface area contributed by atoms with Crippen molar-refractivity contribution >= 4 is 5.97 Å². The van der Waals surface area contributed by atoms with Crippen molar-refractivity contribution in [2.45, 2.75) is 45.1 Å². The van der Waals surface area contributed by atoms with Gasteiger partial charge in [0.25, 0.3) is 0 Å². The third kappa shape index (κ3) is 3.22. The van der Waals surface area contributed by atoms with E-state index in [-0.39, 0.29) is 18.9 Å². The molecule has 1 saturated heterocycles.